The van der Waals surface area contributed by atoms with E-state index in [1.165, 1.54) is 0 Å². The summed E-state index contributed by atoms with van der Waals surface area (Å²) >= 11 is 6.14. The van der Waals surface area contributed by atoms with Crippen molar-refractivity contribution in [1.82, 2.24) is 9.88 Å². The van der Waals surface area contributed by atoms with E-state index in [-0.39, 0.29) is 0 Å². The van der Waals surface area contributed by atoms with Crippen molar-refractivity contribution in [2.75, 3.05) is 24.6 Å². The van der Waals surface area contributed by atoms with Crippen LogP contribution in [0.5, 0.6) is 5.75 Å². The van der Waals surface area contributed by atoms with Gasteiger partial charge in [-0.15, -0.1) is 0 Å². The number of ether oxygens (including phenoxy) is 1. The molecule has 118 valence electrons. The van der Waals surface area contributed by atoms with Gasteiger partial charge in [0.25, 0.3) is 0 Å². The van der Waals surface area contributed by atoms with Crippen LogP contribution in [0.25, 0.3) is 0 Å². The number of pyridine rings is 1. The highest BCUT2D eigenvalue weighted by Crippen LogP contribution is 2.40. The van der Waals surface area contributed by atoms with Gasteiger partial charge in [0.05, 0.1) is 11.1 Å². The molecule has 3 aliphatic rings. The molecule has 0 aromatic carbocycles. The van der Waals surface area contributed by atoms with Gasteiger partial charge in [-0.3, -0.25) is 4.79 Å². The molecular weight excluding hydrogens is 302 g/mol. The minimum Gasteiger partial charge on any atom is -0.487 e. The number of likely N-dealkylation sites (tertiary alicyclic amines) is 1. The molecule has 6 heteroatoms. The highest BCUT2D eigenvalue weighted by atomic mass is 35.5. The molecule has 22 heavy (non-hydrogen) atoms. The summed E-state index contributed by atoms with van der Waals surface area (Å²) in [5, 5.41) is 0.648. The smallest absolute Gasteiger partial charge is 0.222 e. The lowest BCUT2D eigenvalue weighted by molar-refractivity contribution is -0.130. The van der Waals surface area contributed by atoms with Crippen LogP contribution in [0.1, 0.15) is 31.2 Å². The number of amides is 1. The number of anilines is 1. The first-order chi connectivity index (χ1) is 10.6. The predicted octanol–water partition coefficient (Wildman–Crippen LogP) is 2.40. The molecule has 2 fully saturated rings. The Morgan fingerprint density at radius 2 is 2.18 bits per heavy atom. The average Bonchev–Trinajstić information content (AvgIpc) is 2.96. The van der Waals surface area contributed by atoms with E-state index in [4.69, 9.17) is 16.3 Å². The summed E-state index contributed by atoms with van der Waals surface area (Å²) in [7, 11) is 0. The highest BCUT2D eigenvalue weighted by molar-refractivity contribution is 6.31. The number of hydrogen-bond donors (Lipinski definition) is 0. The van der Waals surface area contributed by atoms with E-state index in [2.05, 4.69) is 14.8 Å². The van der Waals surface area contributed by atoms with Crippen molar-refractivity contribution < 1.29 is 9.53 Å². The van der Waals surface area contributed by atoms with Crippen molar-refractivity contribution in [2.24, 2.45) is 0 Å². The summed E-state index contributed by atoms with van der Waals surface area (Å²) in [6, 6.07) is 0.655. The molecule has 0 bridgehead atoms. The van der Waals surface area contributed by atoms with Gasteiger partial charge in [0, 0.05) is 37.3 Å². The third-order valence-electron chi connectivity index (χ3n) is 5.13. The molecule has 2 atom stereocenters. The van der Waals surface area contributed by atoms with E-state index in [9.17, 15) is 4.79 Å². The Kier molecular flexibility index (Phi) is 3.40. The van der Waals surface area contributed by atoms with Gasteiger partial charge in [-0.25, -0.2) is 4.98 Å². The van der Waals surface area contributed by atoms with Crippen LogP contribution >= 0.6 is 11.6 Å². The first-order valence-corrected chi connectivity index (χ1v) is 8.37. The van der Waals surface area contributed by atoms with Crippen LogP contribution in [-0.2, 0) is 4.79 Å². The first kappa shape index (κ1) is 14.1. The normalized spacial score (nSPS) is 27.5. The van der Waals surface area contributed by atoms with Gasteiger partial charge in [0.1, 0.15) is 6.61 Å². The summed E-state index contributed by atoms with van der Waals surface area (Å²) in [4.78, 5) is 20.9. The van der Waals surface area contributed by atoms with Crippen LogP contribution in [-0.4, -0.2) is 47.6 Å². The number of aromatic nitrogens is 1. The van der Waals surface area contributed by atoms with Crippen molar-refractivity contribution in [3.63, 3.8) is 0 Å². The number of piperidine rings is 1. The van der Waals surface area contributed by atoms with Crippen LogP contribution < -0.4 is 9.64 Å². The zero-order chi connectivity index (χ0) is 15.3. The second-order valence-electron chi connectivity index (χ2n) is 6.41. The molecule has 1 amide bonds. The Bertz CT molecular complexity index is 622. The standard InChI is InChI=1S/C16H20ClN3O2/c1-10-13(17)8-18-16-15(10)22-9-12-7-11(4-6-20(12)16)19-5-2-3-14(19)21/h8,11-12H,2-7,9H2,1H3. The summed E-state index contributed by atoms with van der Waals surface area (Å²) < 4.78 is 5.95. The fourth-order valence-corrected chi connectivity index (χ4v) is 4.05. The SMILES string of the molecule is Cc1c(Cl)cnc2c1OCC1CC(N3CCCC3=O)CCN21. The molecule has 0 spiro atoms. The number of rotatable bonds is 1. The Morgan fingerprint density at radius 3 is 2.95 bits per heavy atom. The number of fused-ring (bicyclic) bond motifs is 3. The van der Waals surface area contributed by atoms with Crippen molar-refractivity contribution in [3.05, 3.63) is 16.8 Å². The molecule has 2 unspecified atom stereocenters. The van der Waals surface area contributed by atoms with E-state index in [0.29, 0.717) is 36.0 Å². The quantitative estimate of drug-likeness (QED) is 0.797. The molecule has 4 rings (SSSR count). The molecule has 1 aromatic heterocycles. The third kappa shape index (κ3) is 2.14. The second kappa shape index (κ2) is 5.30. The molecule has 4 heterocycles. The van der Waals surface area contributed by atoms with E-state index in [1.807, 2.05) is 6.92 Å². The Labute approximate surface area is 135 Å². The van der Waals surface area contributed by atoms with Gasteiger partial charge in [0.15, 0.2) is 11.6 Å². The van der Waals surface area contributed by atoms with Gasteiger partial charge in [-0.2, -0.15) is 0 Å². The number of nitrogens with zero attached hydrogens (tertiary/aromatic N) is 3. The van der Waals surface area contributed by atoms with Crippen molar-refractivity contribution >= 4 is 23.3 Å². The fourth-order valence-electron chi connectivity index (χ4n) is 3.91. The first-order valence-electron chi connectivity index (χ1n) is 7.99. The van der Waals surface area contributed by atoms with Crippen molar-refractivity contribution in [3.8, 4) is 5.75 Å². The second-order valence-corrected chi connectivity index (χ2v) is 6.82. The zero-order valence-electron chi connectivity index (χ0n) is 12.7. The third-order valence-corrected chi connectivity index (χ3v) is 5.51. The monoisotopic (exact) mass is 321 g/mol. The van der Waals surface area contributed by atoms with Crippen LogP contribution in [0.3, 0.4) is 0 Å². The van der Waals surface area contributed by atoms with E-state index >= 15 is 0 Å². The van der Waals surface area contributed by atoms with Crippen LogP contribution in [0.2, 0.25) is 5.02 Å². The van der Waals surface area contributed by atoms with Crippen molar-refractivity contribution in [2.45, 2.75) is 44.7 Å². The van der Waals surface area contributed by atoms with Gasteiger partial charge in [0.2, 0.25) is 5.91 Å². The topological polar surface area (TPSA) is 45.7 Å². The van der Waals surface area contributed by atoms with E-state index < -0.39 is 0 Å². The predicted molar refractivity (Wildman–Crippen MR) is 84.6 cm³/mol. The van der Waals surface area contributed by atoms with E-state index in [0.717, 1.165) is 49.5 Å². The maximum absolute atomic E-state index is 12.0. The molecule has 1 aromatic rings. The molecule has 0 N–H and O–H groups in total. The minimum atomic E-state index is 0.299. The lowest BCUT2D eigenvalue weighted by atomic mass is 9.95. The minimum absolute atomic E-state index is 0.299. The van der Waals surface area contributed by atoms with Gasteiger partial charge < -0.3 is 14.5 Å². The number of carbonyl (C=O) groups is 1. The Hall–Kier alpha value is -1.49. The van der Waals surface area contributed by atoms with Crippen LogP contribution in [0.15, 0.2) is 6.20 Å². The molecule has 0 aliphatic carbocycles. The lowest BCUT2D eigenvalue weighted by Crippen LogP contribution is -2.54. The largest absolute Gasteiger partial charge is 0.487 e. The molecule has 0 radical (unpaired) electrons. The van der Waals surface area contributed by atoms with Crippen molar-refractivity contribution in [1.29, 1.82) is 0 Å². The van der Waals surface area contributed by atoms with Gasteiger partial charge in [-0.05, 0) is 26.2 Å². The average molecular weight is 322 g/mol. The fraction of sp³-hybridized carbons (Fsp3) is 0.625. The summed E-state index contributed by atoms with van der Waals surface area (Å²) in [6.07, 6.45) is 5.39. The maximum atomic E-state index is 12.0. The maximum Gasteiger partial charge on any atom is 0.222 e. The Balaban J connectivity index is 1.56. The van der Waals surface area contributed by atoms with Gasteiger partial charge in [-0.1, -0.05) is 11.6 Å². The molecule has 0 saturated carbocycles. The summed E-state index contributed by atoms with van der Waals surface area (Å²) in [5.74, 6) is 2.04. The number of carbonyl (C=O) groups excluding carboxylic acids is 1. The van der Waals surface area contributed by atoms with Crippen LogP contribution in [0.4, 0.5) is 5.82 Å². The number of halogens is 1. The highest BCUT2D eigenvalue weighted by Gasteiger charge is 2.39. The lowest BCUT2D eigenvalue weighted by Gasteiger charge is -2.45. The Morgan fingerprint density at radius 1 is 1.32 bits per heavy atom. The summed E-state index contributed by atoms with van der Waals surface area (Å²) in [5.41, 5.74) is 0.960. The van der Waals surface area contributed by atoms with E-state index in [1.54, 1.807) is 6.20 Å². The molecule has 5 nitrogen and oxygen atoms in total. The molecule has 3 aliphatic heterocycles. The number of hydrogen-bond acceptors (Lipinski definition) is 4. The summed E-state index contributed by atoms with van der Waals surface area (Å²) in [6.45, 7) is 4.46. The zero-order valence-corrected chi connectivity index (χ0v) is 13.5. The van der Waals surface area contributed by atoms with Crippen LogP contribution in [0, 0.1) is 6.92 Å². The van der Waals surface area contributed by atoms with Gasteiger partial charge >= 0.3 is 0 Å². The molecular formula is C16H20ClN3O2. The molecule has 2 saturated heterocycles.